The number of amides is 1. The van der Waals surface area contributed by atoms with Crippen LogP contribution in [-0.4, -0.2) is 32.3 Å². The third-order valence-electron chi connectivity index (χ3n) is 4.59. The van der Waals surface area contributed by atoms with Crippen LogP contribution in [0.3, 0.4) is 0 Å². The highest BCUT2D eigenvalue weighted by molar-refractivity contribution is 5.90. The molecule has 2 aromatic rings. The smallest absolute Gasteiger partial charge is 0.387 e. The molecule has 172 valence electrons. The van der Waals surface area contributed by atoms with Crippen molar-refractivity contribution in [2.45, 2.75) is 39.5 Å². The van der Waals surface area contributed by atoms with Crippen LogP contribution in [0.1, 0.15) is 30.9 Å². The van der Waals surface area contributed by atoms with Gasteiger partial charge in [0.2, 0.25) is 12.7 Å². The Balaban J connectivity index is 1.60. The lowest BCUT2D eigenvalue weighted by molar-refractivity contribution is -0.116. The van der Waals surface area contributed by atoms with Crippen molar-refractivity contribution in [2.24, 2.45) is 4.99 Å². The van der Waals surface area contributed by atoms with Crippen LogP contribution < -0.4 is 30.2 Å². The molecule has 0 fully saturated rings. The van der Waals surface area contributed by atoms with Gasteiger partial charge in [0, 0.05) is 43.9 Å². The number of nitrogens with zero attached hydrogens (tertiary/aromatic N) is 1. The standard InChI is InChI=1S/C22H26F2N4O4/c1-3-5-20(29)28-16-7-4-6-14(8-16)11-26-22(25-2)27-12-15-9-18-19(31-13-30-18)10-17(15)32-21(23)24/h4,6-10,21H,3,5,11-13H2,1-2H3,(H,28,29)(H2,25,26,27). The molecule has 0 bridgehead atoms. The molecular formula is C22H26F2N4O4. The zero-order valence-corrected chi connectivity index (χ0v) is 17.9. The van der Waals surface area contributed by atoms with Crippen molar-refractivity contribution < 1.29 is 27.8 Å². The summed E-state index contributed by atoms with van der Waals surface area (Å²) < 4.78 is 40.8. The number of carbonyl (C=O) groups excluding carboxylic acids is 1. The minimum Gasteiger partial charge on any atom is -0.454 e. The number of benzene rings is 2. The van der Waals surface area contributed by atoms with Crippen LogP contribution in [0.5, 0.6) is 17.2 Å². The van der Waals surface area contributed by atoms with E-state index in [1.165, 1.54) is 6.07 Å². The largest absolute Gasteiger partial charge is 0.454 e. The van der Waals surface area contributed by atoms with Crippen LogP contribution in [0.25, 0.3) is 0 Å². The molecule has 3 rings (SSSR count). The van der Waals surface area contributed by atoms with Crippen molar-refractivity contribution >= 4 is 17.6 Å². The van der Waals surface area contributed by atoms with Gasteiger partial charge in [0.05, 0.1) is 0 Å². The van der Waals surface area contributed by atoms with E-state index in [2.05, 4.69) is 25.7 Å². The molecule has 0 saturated heterocycles. The molecule has 1 heterocycles. The summed E-state index contributed by atoms with van der Waals surface area (Å²) in [6, 6.07) is 10.5. The van der Waals surface area contributed by atoms with Gasteiger partial charge in [-0.2, -0.15) is 8.78 Å². The Morgan fingerprint density at radius 3 is 2.62 bits per heavy atom. The van der Waals surface area contributed by atoms with Gasteiger partial charge >= 0.3 is 6.61 Å². The lowest BCUT2D eigenvalue weighted by atomic mass is 10.1. The number of anilines is 1. The van der Waals surface area contributed by atoms with E-state index in [0.717, 1.165) is 17.7 Å². The number of nitrogens with one attached hydrogen (secondary N) is 3. The molecule has 1 amide bonds. The Morgan fingerprint density at radius 2 is 1.91 bits per heavy atom. The maximum absolute atomic E-state index is 12.8. The first-order chi connectivity index (χ1) is 15.5. The molecule has 10 heteroatoms. The van der Waals surface area contributed by atoms with E-state index in [9.17, 15) is 13.6 Å². The summed E-state index contributed by atoms with van der Waals surface area (Å²) in [5.41, 5.74) is 2.13. The molecule has 32 heavy (non-hydrogen) atoms. The summed E-state index contributed by atoms with van der Waals surface area (Å²) >= 11 is 0. The highest BCUT2D eigenvalue weighted by Crippen LogP contribution is 2.38. The number of alkyl halides is 2. The third kappa shape index (κ3) is 6.47. The fourth-order valence-corrected chi connectivity index (χ4v) is 3.10. The normalized spacial score (nSPS) is 12.6. The first kappa shape index (κ1) is 23.1. The maximum atomic E-state index is 12.8. The van der Waals surface area contributed by atoms with Gasteiger partial charge in [-0.25, -0.2) is 0 Å². The zero-order chi connectivity index (χ0) is 22.9. The summed E-state index contributed by atoms with van der Waals surface area (Å²) in [5.74, 6) is 1.26. The third-order valence-corrected chi connectivity index (χ3v) is 4.59. The number of halogens is 2. The average molecular weight is 448 g/mol. The van der Waals surface area contributed by atoms with Gasteiger partial charge in [0.1, 0.15) is 5.75 Å². The molecule has 0 unspecified atom stereocenters. The molecule has 0 aromatic heterocycles. The molecule has 1 aliphatic rings. The summed E-state index contributed by atoms with van der Waals surface area (Å²) in [4.78, 5) is 15.9. The molecule has 0 spiro atoms. The second-order valence-corrected chi connectivity index (χ2v) is 6.97. The van der Waals surface area contributed by atoms with E-state index < -0.39 is 6.61 Å². The fraction of sp³-hybridized carbons (Fsp3) is 0.364. The number of aliphatic imine (C=N–C) groups is 1. The number of rotatable bonds is 9. The number of guanidine groups is 1. The second kappa shape index (κ2) is 11.2. The van der Waals surface area contributed by atoms with Gasteiger partial charge in [-0.3, -0.25) is 9.79 Å². The van der Waals surface area contributed by atoms with Gasteiger partial charge in [-0.05, 0) is 30.2 Å². The number of fused-ring (bicyclic) bond motifs is 1. The van der Waals surface area contributed by atoms with Crippen molar-refractivity contribution in [2.75, 3.05) is 19.2 Å². The quantitative estimate of drug-likeness (QED) is 0.401. The predicted molar refractivity (Wildman–Crippen MR) is 116 cm³/mol. The molecule has 0 aliphatic carbocycles. The van der Waals surface area contributed by atoms with Crippen LogP contribution in [-0.2, 0) is 17.9 Å². The van der Waals surface area contributed by atoms with E-state index in [1.807, 2.05) is 31.2 Å². The van der Waals surface area contributed by atoms with Gasteiger partial charge in [-0.1, -0.05) is 19.1 Å². The Kier molecular flexibility index (Phi) is 8.07. The average Bonchev–Trinajstić information content (AvgIpc) is 3.21. The first-order valence-corrected chi connectivity index (χ1v) is 10.2. The van der Waals surface area contributed by atoms with Crippen molar-refractivity contribution in [1.82, 2.24) is 10.6 Å². The Labute approximate surface area is 185 Å². The molecule has 0 saturated carbocycles. The minimum atomic E-state index is -2.96. The molecule has 1 aliphatic heterocycles. The summed E-state index contributed by atoms with van der Waals surface area (Å²) in [7, 11) is 1.60. The van der Waals surface area contributed by atoms with Crippen LogP contribution in [0, 0.1) is 0 Å². The van der Waals surface area contributed by atoms with Gasteiger partial charge in [0.15, 0.2) is 17.5 Å². The Morgan fingerprint density at radius 1 is 1.16 bits per heavy atom. The monoisotopic (exact) mass is 448 g/mol. The van der Waals surface area contributed by atoms with Gasteiger partial charge in [-0.15, -0.1) is 0 Å². The van der Waals surface area contributed by atoms with Crippen molar-refractivity contribution in [3.63, 3.8) is 0 Å². The minimum absolute atomic E-state index is 0.00252. The molecule has 0 atom stereocenters. The van der Waals surface area contributed by atoms with E-state index in [1.54, 1.807) is 13.1 Å². The Bertz CT molecular complexity index is 969. The van der Waals surface area contributed by atoms with Gasteiger partial charge < -0.3 is 30.2 Å². The van der Waals surface area contributed by atoms with Crippen LogP contribution >= 0.6 is 0 Å². The highest BCUT2D eigenvalue weighted by Gasteiger charge is 2.20. The predicted octanol–water partition coefficient (Wildman–Crippen LogP) is 3.62. The lowest BCUT2D eigenvalue weighted by Gasteiger charge is -2.15. The molecule has 2 aromatic carbocycles. The molecule has 0 radical (unpaired) electrons. The number of hydrogen-bond donors (Lipinski definition) is 3. The number of hydrogen-bond acceptors (Lipinski definition) is 5. The fourth-order valence-electron chi connectivity index (χ4n) is 3.10. The zero-order valence-electron chi connectivity index (χ0n) is 17.9. The lowest BCUT2D eigenvalue weighted by Crippen LogP contribution is -2.36. The van der Waals surface area contributed by atoms with E-state index >= 15 is 0 Å². The van der Waals surface area contributed by atoms with Gasteiger partial charge in [0.25, 0.3) is 0 Å². The van der Waals surface area contributed by atoms with Crippen molar-refractivity contribution in [1.29, 1.82) is 0 Å². The summed E-state index contributed by atoms with van der Waals surface area (Å²) in [6.45, 7) is -0.368. The Hall–Kier alpha value is -3.56. The molecule has 8 nitrogen and oxygen atoms in total. The second-order valence-electron chi connectivity index (χ2n) is 6.97. The molecular weight excluding hydrogens is 422 g/mol. The topological polar surface area (TPSA) is 93.2 Å². The van der Waals surface area contributed by atoms with E-state index in [0.29, 0.717) is 36.0 Å². The summed E-state index contributed by atoms with van der Waals surface area (Å²) in [5, 5.41) is 9.09. The number of ether oxygens (including phenoxy) is 3. The van der Waals surface area contributed by atoms with Crippen LogP contribution in [0.4, 0.5) is 14.5 Å². The van der Waals surface area contributed by atoms with Crippen molar-refractivity contribution in [3.05, 3.63) is 47.5 Å². The van der Waals surface area contributed by atoms with Crippen molar-refractivity contribution in [3.8, 4) is 17.2 Å². The first-order valence-electron chi connectivity index (χ1n) is 10.2. The van der Waals surface area contributed by atoms with Crippen LogP contribution in [0.15, 0.2) is 41.4 Å². The maximum Gasteiger partial charge on any atom is 0.387 e. The van der Waals surface area contributed by atoms with E-state index in [-0.39, 0.29) is 25.0 Å². The SMILES string of the molecule is CCCC(=O)Nc1cccc(CNC(=NC)NCc2cc3c(cc2OC(F)F)OCO3)c1. The summed E-state index contributed by atoms with van der Waals surface area (Å²) in [6.07, 6.45) is 1.25. The highest BCUT2D eigenvalue weighted by atomic mass is 19.3. The van der Waals surface area contributed by atoms with E-state index in [4.69, 9.17) is 9.47 Å². The number of carbonyl (C=O) groups is 1. The van der Waals surface area contributed by atoms with Crippen LogP contribution in [0.2, 0.25) is 0 Å². The molecule has 3 N–H and O–H groups in total.